The Labute approximate surface area is 209 Å². The number of ether oxygens (including phenoxy) is 1. The number of nitrogens with zero attached hydrogens (tertiary/aromatic N) is 2. The van der Waals surface area contributed by atoms with Crippen molar-refractivity contribution in [3.8, 4) is 17.1 Å². The average molecular weight is 500 g/mol. The molecule has 0 fully saturated rings. The Kier molecular flexibility index (Phi) is 6.43. The van der Waals surface area contributed by atoms with E-state index in [1.165, 1.54) is 0 Å². The zero-order valence-electron chi connectivity index (χ0n) is 19.7. The van der Waals surface area contributed by atoms with Gasteiger partial charge in [-0.1, -0.05) is 60.7 Å². The Morgan fingerprint density at radius 2 is 1.64 bits per heavy atom. The predicted octanol–water partition coefficient (Wildman–Crippen LogP) is 5.02. The van der Waals surface area contributed by atoms with Gasteiger partial charge in [0.1, 0.15) is 11.6 Å². The van der Waals surface area contributed by atoms with Crippen LogP contribution < -0.4 is 9.46 Å². The summed E-state index contributed by atoms with van der Waals surface area (Å²) >= 11 is 0. The number of aryl methyl sites for hydroxylation is 1. The van der Waals surface area contributed by atoms with Crippen LogP contribution in [-0.2, 0) is 16.6 Å². The third-order valence-electron chi connectivity index (χ3n) is 5.87. The Bertz CT molecular complexity index is 1650. The van der Waals surface area contributed by atoms with Crippen LogP contribution in [0.25, 0.3) is 33.2 Å². The number of carbonyl (C=O) groups excluding carboxylic acids is 1. The molecular formula is C28H25N3O4S. The van der Waals surface area contributed by atoms with E-state index in [0.29, 0.717) is 13.2 Å². The highest BCUT2D eigenvalue weighted by molar-refractivity contribution is 7.89. The van der Waals surface area contributed by atoms with E-state index in [9.17, 15) is 13.2 Å². The van der Waals surface area contributed by atoms with Crippen LogP contribution >= 0.6 is 0 Å². The molecule has 1 aromatic heterocycles. The molecule has 36 heavy (non-hydrogen) atoms. The molecule has 7 nitrogen and oxygen atoms in total. The van der Waals surface area contributed by atoms with E-state index in [4.69, 9.17) is 9.72 Å². The SMILES string of the molecule is CS(=O)(=O)NC(=O)c1ccc(-c2nc3ccccc3n2CCCOc2cccc3ccccc23)cc1. The standard InChI is InChI=1S/C28H25N3O4S/c1-36(33,34)30-28(32)22-16-14-21(15-17-22)27-29-24-11-4-5-12-25(24)31(27)18-7-19-35-26-13-6-9-20-8-2-3-10-23(20)26/h2-6,8-17H,7,18-19H2,1H3,(H,30,32). The summed E-state index contributed by atoms with van der Waals surface area (Å²) in [5.41, 5.74) is 2.98. The first-order valence-electron chi connectivity index (χ1n) is 11.6. The van der Waals surface area contributed by atoms with E-state index in [1.54, 1.807) is 24.3 Å². The molecule has 0 atom stereocenters. The first kappa shape index (κ1) is 23.6. The van der Waals surface area contributed by atoms with Crippen LogP contribution in [0.15, 0.2) is 91.0 Å². The van der Waals surface area contributed by atoms with Gasteiger partial charge in [0.2, 0.25) is 10.0 Å². The largest absolute Gasteiger partial charge is 0.493 e. The van der Waals surface area contributed by atoms with Crippen LogP contribution in [0.1, 0.15) is 16.8 Å². The van der Waals surface area contributed by atoms with Gasteiger partial charge in [0, 0.05) is 23.1 Å². The first-order chi connectivity index (χ1) is 17.4. The average Bonchev–Trinajstić information content (AvgIpc) is 3.24. The summed E-state index contributed by atoms with van der Waals surface area (Å²) in [6.45, 7) is 1.24. The second-order valence-electron chi connectivity index (χ2n) is 8.54. The molecule has 4 aromatic carbocycles. The second-order valence-corrected chi connectivity index (χ2v) is 10.3. The molecule has 0 aliphatic carbocycles. The van der Waals surface area contributed by atoms with Crippen molar-refractivity contribution in [3.05, 3.63) is 96.6 Å². The molecule has 8 heteroatoms. The third-order valence-corrected chi connectivity index (χ3v) is 6.43. The predicted molar refractivity (Wildman–Crippen MR) is 142 cm³/mol. The van der Waals surface area contributed by atoms with E-state index >= 15 is 0 Å². The molecule has 0 aliphatic rings. The summed E-state index contributed by atoms with van der Waals surface area (Å²) < 4.78 is 33.0. The van der Waals surface area contributed by atoms with Gasteiger partial charge in [0.05, 0.1) is 23.9 Å². The second kappa shape index (κ2) is 9.83. The smallest absolute Gasteiger partial charge is 0.264 e. The molecule has 0 saturated carbocycles. The minimum atomic E-state index is -3.63. The number of para-hydroxylation sites is 2. The molecule has 1 amide bonds. The number of amides is 1. The number of hydrogen-bond donors (Lipinski definition) is 1. The van der Waals surface area contributed by atoms with Crippen molar-refractivity contribution < 1.29 is 17.9 Å². The number of nitrogens with one attached hydrogen (secondary N) is 1. The molecule has 5 rings (SSSR count). The number of rotatable bonds is 8. The quantitative estimate of drug-likeness (QED) is 0.303. The minimum absolute atomic E-state index is 0.260. The number of aromatic nitrogens is 2. The Morgan fingerprint density at radius 1 is 0.917 bits per heavy atom. The van der Waals surface area contributed by atoms with Crippen LogP contribution in [0.2, 0.25) is 0 Å². The number of benzene rings is 4. The van der Waals surface area contributed by atoms with Gasteiger partial charge in [0.15, 0.2) is 0 Å². The van der Waals surface area contributed by atoms with Crippen LogP contribution in [-0.4, -0.2) is 36.7 Å². The van der Waals surface area contributed by atoms with Crippen molar-refractivity contribution >= 4 is 37.7 Å². The lowest BCUT2D eigenvalue weighted by atomic mass is 10.1. The van der Waals surface area contributed by atoms with Crippen molar-refractivity contribution in [1.82, 2.24) is 14.3 Å². The third kappa shape index (κ3) is 5.08. The van der Waals surface area contributed by atoms with E-state index in [-0.39, 0.29) is 5.56 Å². The van der Waals surface area contributed by atoms with E-state index in [1.807, 2.05) is 53.3 Å². The van der Waals surface area contributed by atoms with Gasteiger partial charge in [-0.3, -0.25) is 4.79 Å². The monoisotopic (exact) mass is 499 g/mol. The van der Waals surface area contributed by atoms with Gasteiger partial charge in [-0.15, -0.1) is 0 Å². The summed E-state index contributed by atoms with van der Waals surface area (Å²) in [5.74, 6) is 0.978. The fourth-order valence-electron chi connectivity index (χ4n) is 4.25. The molecule has 0 radical (unpaired) electrons. The van der Waals surface area contributed by atoms with Gasteiger partial charge in [-0.2, -0.15) is 0 Å². The molecule has 0 unspecified atom stereocenters. The van der Waals surface area contributed by atoms with Crippen LogP contribution in [0.4, 0.5) is 0 Å². The molecular weight excluding hydrogens is 474 g/mol. The van der Waals surface area contributed by atoms with E-state index < -0.39 is 15.9 Å². The highest BCUT2D eigenvalue weighted by atomic mass is 32.2. The lowest BCUT2D eigenvalue weighted by Gasteiger charge is -2.12. The van der Waals surface area contributed by atoms with Gasteiger partial charge in [-0.05, 0) is 42.1 Å². The van der Waals surface area contributed by atoms with Gasteiger partial charge >= 0.3 is 0 Å². The van der Waals surface area contributed by atoms with Crippen molar-refractivity contribution in [1.29, 1.82) is 0 Å². The van der Waals surface area contributed by atoms with Crippen molar-refractivity contribution in [2.45, 2.75) is 13.0 Å². The zero-order chi connectivity index (χ0) is 25.1. The number of sulfonamides is 1. The molecule has 0 spiro atoms. The number of imidazole rings is 1. The molecule has 0 saturated heterocycles. The first-order valence-corrected chi connectivity index (χ1v) is 13.5. The maximum absolute atomic E-state index is 12.2. The number of fused-ring (bicyclic) bond motifs is 2. The molecule has 1 heterocycles. The maximum atomic E-state index is 12.2. The van der Waals surface area contributed by atoms with E-state index in [0.717, 1.165) is 51.6 Å². The van der Waals surface area contributed by atoms with Crippen LogP contribution in [0.3, 0.4) is 0 Å². The van der Waals surface area contributed by atoms with Gasteiger partial charge in [0.25, 0.3) is 5.91 Å². The highest BCUT2D eigenvalue weighted by Crippen LogP contribution is 2.27. The lowest BCUT2D eigenvalue weighted by molar-refractivity contribution is 0.0981. The Morgan fingerprint density at radius 3 is 2.44 bits per heavy atom. The molecule has 1 N–H and O–H groups in total. The molecule has 5 aromatic rings. The van der Waals surface area contributed by atoms with Crippen LogP contribution in [0.5, 0.6) is 5.75 Å². The fourth-order valence-corrected chi connectivity index (χ4v) is 4.70. The molecule has 0 aliphatic heterocycles. The summed E-state index contributed by atoms with van der Waals surface area (Å²) in [4.78, 5) is 17.0. The van der Waals surface area contributed by atoms with Crippen LogP contribution in [0, 0.1) is 0 Å². The fraction of sp³-hybridized carbons (Fsp3) is 0.143. The maximum Gasteiger partial charge on any atom is 0.264 e. The topological polar surface area (TPSA) is 90.3 Å². The van der Waals surface area contributed by atoms with Gasteiger partial charge < -0.3 is 9.30 Å². The van der Waals surface area contributed by atoms with Gasteiger partial charge in [-0.25, -0.2) is 18.1 Å². The Balaban J connectivity index is 1.35. The summed E-state index contributed by atoms with van der Waals surface area (Å²) in [6.07, 6.45) is 1.72. The normalized spacial score (nSPS) is 11.6. The summed E-state index contributed by atoms with van der Waals surface area (Å²) in [6, 6.07) is 28.9. The Hall–Kier alpha value is -4.17. The highest BCUT2D eigenvalue weighted by Gasteiger charge is 2.15. The molecule has 182 valence electrons. The van der Waals surface area contributed by atoms with E-state index in [2.05, 4.69) is 22.8 Å². The molecule has 0 bridgehead atoms. The number of carbonyl (C=O) groups is 1. The lowest BCUT2D eigenvalue weighted by Crippen LogP contribution is -2.29. The van der Waals surface area contributed by atoms with Crippen molar-refractivity contribution in [3.63, 3.8) is 0 Å². The van der Waals surface area contributed by atoms with Crippen molar-refractivity contribution in [2.75, 3.05) is 12.9 Å². The minimum Gasteiger partial charge on any atom is -0.493 e. The summed E-state index contributed by atoms with van der Waals surface area (Å²) in [5, 5.41) is 2.24. The number of hydrogen-bond acceptors (Lipinski definition) is 5. The summed E-state index contributed by atoms with van der Waals surface area (Å²) in [7, 11) is -3.63. The van der Waals surface area contributed by atoms with Crippen molar-refractivity contribution in [2.24, 2.45) is 0 Å². The zero-order valence-corrected chi connectivity index (χ0v) is 20.5.